The maximum Gasteiger partial charge on any atom is 0.344 e. The van der Waals surface area contributed by atoms with E-state index in [-0.39, 0.29) is 6.10 Å². The van der Waals surface area contributed by atoms with E-state index in [0.717, 1.165) is 19.3 Å². The molecule has 3 atom stereocenters. The summed E-state index contributed by atoms with van der Waals surface area (Å²) in [4.78, 5) is 28.2. The third-order valence-electron chi connectivity index (χ3n) is 5.25. The van der Waals surface area contributed by atoms with Gasteiger partial charge >= 0.3 is 11.9 Å². The molecule has 3 rings (SSSR count). The summed E-state index contributed by atoms with van der Waals surface area (Å²) in [7, 11) is 0. The number of rotatable bonds is 6. The minimum Gasteiger partial charge on any atom is -0.460 e. The minimum absolute atomic E-state index is 0.106. The summed E-state index contributed by atoms with van der Waals surface area (Å²) in [5.74, 6) is 0.498. The van der Waals surface area contributed by atoms with Crippen molar-refractivity contribution in [2.45, 2.75) is 46.1 Å². The minimum atomic E-state index is -0.642. The van der Waals surface area contributed by atoms with Gasteiger partial charge in [-0.2, -0.15) is 0 Å². The van der Waals surface area contributed by atoms with Crippen molar-refractivity contribution in [1.29, 1.82) is 0 Å². The van der Waals surface area contributed by atoms with E-state index in [1.54, 1.807) is 6.07 Å². The standard InChI is InChI=1S/C22H27NO5/c1-14(2)16-9-8-15(3)12-19(16)28-22(25)13-26-21(24)11-10-20-23-17-6-4-5-7-18(17)27-20/h4-7,10-11,14-16,19H,8-9,12-13H2,1-3H3/b11-10+. The Balaban J connectivity index is 1.48. The molecule has 150 valence electrons. The van der Waals surface area contributed by atoms with Gasteiger partial charge in [0.1, 0.15) is 11.6 Å². The molecule has 1 aromatic heterocycles. The largest absolute Gasteiger partial charge is 0.460 e. The lowest BCUT2D eigenvalue weighted by Crippen LogP contribution is -2.36. The van der Waals surface area contributed by atoms with Gasteiger partial charge in [-0.05, 0) is 42.7 Å². The number of ether oxygens (including phenoxy) is 2. The molecular formula is C22H27NO5. The molecule has 1 saturated carbocycles. The second-order valence-corrected chi connectivity index (χ2v) is 7.82. The van der Waals surface area contributed by atoms with Crippen LogP contribution in [0.3, 0.4) is 0 Å². The molecule has 0 N–H and O–H groups in total. The lowest BCUT2D eigenvalue weighted by molar-refractivity contribution is -0.165. The van der Waals surface area contributed by atoms with Crippen molar-refractivity contribution in [1.82, 2.24) is 4.98 Å². The van der Waals surface area contributed by atoms with Crippen molar-refractivity contribution < 1.29 is 23.5 Å². The number of fused-ring (bicyclic) bond motifs is 1. The Hall–Kier alpha value is -2.63. The zero-order valence-electron chi connectivity index (χ0n) is 16.6. The number of hydrogen-bond donors (Lipinski definition) is 0. The Bertz CT molecular complexity index is 820. The van der Waals surface area contributed by atoms with Crippen molar-refractivity contribution in [3.63, 3.8) is 0 Å². The molecule has 0 amide bonds. The Labute approximate surface area is 164 Å². The molecule has 28 heavy (non-hydrogen) atoms. The van der Waals surface area contributed by atoms with Crippen molar-refractivity contribution in [3.05, 3.63) is 36.2 Å². The van der Waals surface area contributed by atoms with Crippen LogP contribution >= 0.6 is 0 Å². The number of esters is 2. The highest BCUT2D eigenvalue weighted by Crippen LogP contribution is 2.35. The molecule has 3 unspecified atom stereocenters. The number of carbonyl (C=O) groups excluding carboxylic acids is 2. The average Bonchev–Trinajstić information content (AvgIpc) is 3.07. The van der Waals surface area contributed by atoms with E-state index < -0.39 is 18.5 Å². The first-order valence-electron chi connectivity index (χ1n) is 9.82. The molecule has 1 aromatic carbocycles. The van der Waals surface area contributed by atoms with Crippen molar-refractivity contribution >= 4 is 29.1 Å². The number of oxazole rings is 1. The number of carbonyl (C=O) groups is 2. The predicted octanol–water partition coefficient (Wildman–Crippen LogP) is 4.39. The highest BCUT2D eigenvalue weighted by Gasteiger charge is 2.33. The van der Waals surface area contributed by atoms with Gasteiger partial charge in [-0.1, -0.05) is 39.3 Å². The topological polar surface area (TPSA) is 78.6 Å². The summed E-state index contributed by atoms with van der Waals surface area (Å²) in [6, 6.07) is 7.32. The van der Waals surface area contributed by atoms with Crippen LogP contribution in [0.5, 0.6) is 0 Å². The van der Waals surface area contributed by atoms with Crippen molar-refractivity contribution in [2.24, 2.45) is 17.8 Å². The Morgan fingerprint density at radius 2 is 2.07 bits per heavy atom. The third kappa shape index (κ3) is 5.21. The van der Waals surface area contributed by atoms with Crippen LogP contribution in [-0.2, 0) is 19.1 Å². The highest BCUT2D eigenvalue weighted by molar-refractivity contribution is 5.88. The molecule has 0 aliphatic heterocycles. The van der Waals surface area contributed by atoms with Gasteiger partial charge in [-0.15, -0.1) is 0 Å². The first-order valence-corrected chi connectivity index (χ1v) is 9.82. The van der Waals surface area contributed by atoms with Crippen molar-refractivity contribution in [3.8, 4) is 0 Å². The van der Waals surface area contributed by atoms with Crippen LogP contribution in [0.2, 0.25) is 0 Å². The lowest BCUT2D eigenvalue weighted by Gasteiger charge is -2.36. The quantitative estimate of drug-likeness (QED) is 0.542. The molecule has 1 aliphatic rings. The molecule has 6 nitrogen and oxygen atoms in total. The fraction of sp³-hybridized carbons (Fsp3) is 0.500. The molecule has 0 spiro atoms. The summed E-state index contributed by atoms with van der Waals surface area (Å²) in [6.45, 7) is 6.08. The molecule has 1 heterocycles. The molecule has 2 aromatic rings. The number of benzene rings is 1. The first-order chi connectivity index (χ1) is 13.4. The van der Waals surface area contributed by atoms with Gasteiger partial charge in [0.05, 0.1) is 0 Å². The Morgan fingerprint density at radius 1 is 1.29 bits per heavy atom. The van der Waals surface area contributed by atoms with Crippen LogP contribution in [0.1, 0.15) is 45.9 Å². The normalized spacial score (nSPS) is 22.6. The van der Waals surface area contributed by atoms with E-state index in [2.05, 4.69) is 25.8 Å². The Kier molecular flexibility index (Phi) is 6.49. The number of aromatic nitrogens is 1. The summed E-state index contributed by atoms with van der Waals surface area (Å²) in [5, 5.41) is 0. The van der Waals surface area contributed by atoms with Crippen LogP contribution in [0.25, 0.3) is 17.2 Å². The maximum absolute atomic E-state index is 12.1. The van der Waals surface area contributed by atoms with Gasteiger partial charge < -0.3 is 13.9 Å². The van der Waals surface area contributed by atoms with E-state index in [4.69, 9.17) is 13.9 Å². The van der Waals surface area contributed by atoms with Crippen LogP contribution in [-0.4, -0.2) is 29.6 Å². The van der Waals surface area contributed by atoms with Gasteiger partial charge in [-0.25, -0.2) is 14.6 Å². The van der Waals surface area contributed by atoms with E-state index in [9.17, 15) is 9.59 Å². The predicted molar refractivity (Wildman–Crippen MR) is 105 cm³/mol. The molecule has 0 radical (unpaired) electrons. The number of nitrogens with zero attached hydrogens (tertiary/aromatic N) is 1. The second kappa shape index (κ2) is 9.04. The first kappa shape index (κ1) is 20.1. The molecule has 6 heteroatoms. The molecular weight excluding hydrogens is 358 g/mol. The van der Waals surface area contributed by atoms with Gasteiger partial charge in [0.25, 0.3) is 0 Å². The third-order valence-corrected chi connectivity index (χ3v) is 5.25. The van der Waals surface area contributed by atoms with Crippen LogP contribution < -0.4 is 0 Å². The fourth-order valence-corrected chi connectivity index (χ4v) is 3.73. The highest BCUT2D eigenvalue weighted by atomic mass is 16.6. The van der Waals surface area contributed by atoms with Crippen molar-refractivity contribution in [2.75, 3.05) is 6.61 Å². The fourth-order valence-electron chi connectivity index (χ4n) is 3.73. The maximum atomic E-state index is 12.1. The summed E-state index contributed by atoms with van der Waals surface area (Å²) in [5.41, 5.74) is 1.35. The van der Waals surface area contributed by atoms with E-state index in [1.165, 1.54) is 12.2 Å². The lowest BCUT2D eigenvalue weighted by atomic mass is 9.75. The molecule has 0 saturated heterocycles. The van der Waals surface area contributed by atoms with Gasteiger partial charge in [0.2, 0.25) is 5.89 Å². The van der Waals surface area contributed by atoms with Crippen LogP contribution in [0, 0.1) is 17.8 Å². The molecule has 1 fully saturated rings. The van der Waals surface area contributed by atoms with Gasteiger partial charge in [-0.3, -0.25) is 0 Å². The Morgan fingerprint density at radius 3 is 2.82 bits per heavy atom. The zero-order valence-corrected chi connectivity index (χ0v) is 16.6. The molecule has 0 bridgehead atoms. The zero-order chi connectivity index (χ0) is 20.1. The number of para-hydroxylation sites is 2. The summed E-state index contributed by atoms with van der Waals surface area (Å²) >= 11 is 0. The van der Waals surface area contributed by atoms with E-state index in [1.807, 2.05) is 18.2 Å². The van der Waals surface area contributed by atoms with Crippen LogP contribution in [0.4, 0.5) is 0 Å². The number of hydrogen-bond acceptors (Lipinski definition) is 6. The molecule has 1 aliphatic carbocycles. The average molecular weight is 385 g/mol. The summed E-state index contributed by atoms with van der Waals surface area (Å²) in [6.07, 6.45) is 5.59. The van der Waals surface area contributed by atoms with Gasteiger partial charge in [0.15, 0.2) is 12.2 Å². The second-order valence-electron chi connectivity index (χ2n) is 7.82. The van der Waals surface area contributed by atoms with Crippen LogP contribution in [0.15, 0.2) is 34.8 Å². The SMILES string of the molecule is CC1CCC(C(C)C)C(OC(=O)COC(=O)/C=C/c2nc3ccccc3o2)C1. The smallest absolute Gasteiger partial charge is 0.344 e. The monoisotopic (exact) mass is 385 g/mol. The van der Waals surface area contributed by atoms with E-state index >= 15 is 0 Å². The summed E-state index contributed by atoms with van der Waals surface area (Å²) < 4.78 is 16.1. The van der Waals surface area contributed by atoms with Gasteiger partial charge in [0, 0.05) is 12.2 Å². The van der Waals surface area contributed by atoms with E-state index in [0.29, 0.717) is 34.7 Å².